The summed E-state index contributed by atoms with van der Waals surface area (Å²) in [5, 5.41) is 5.38. The zero-order valence-corrected chi connectivity index (χ0v) is 14.4. The summed E-state index contributed by atoms with van der Waals surface area (Å²) in [5.41, 5.74) is 1.12. The number of carbonyl (C=O) groups excluding carboxylic acids is 1. The van der Waals surface area contributed by atoms with Gasteiger partial charge in [-0.05, 0) is 29.8 Å². The van der Waals surface area contributed by atoms with Gasteiger partial charge in [0.1, 0.15) is 11.6 Å². The van der Waals surface area contributed by atoms with E-state index in [-0.39, 0.29) is 36.4 Å². The molecule has 142 valence electrons. The van der Waals surface area contributed by atoms with Gasteiger partial charge in [-0.3, -0.25) is 4.79 Å². The number of amides is 1. The van der Waals surface area contributed by atoms with Crippen LogP contribution < -0.4 is 20.1 Å². The van der Waals surface area contributed by atoms with Gasteiger partial charge in [0.25, 0.3) is 5.91 Å². The molecule has 1 aliphatic rings. The van der Waals surface area contributed by atoms with E-state index in [1.165, 1.54) is 18.5 Å². The third-order valence-electron chi connectivity index (χ3n) is 3.98. The molecule has 0 unspecified atom stereocenters. The number of halogens is 2. The van der Waals surface area contributed by atoms with Gasteiger partial charge in [0, 0.05) is 25.0 Å². The first-order valence-corrected chi connectivity index (χ1v) is 8.29. The Morgan fingerprint density at radius 3 is 2.61 bits per heavy atom. The van der Waals surface area contributed by atoms with Crippen molar-refractivity contribution in [3.8, 4) is 11.5 Å². The minimum atomic E-state index is -0.769. The highest BCUT2D eigenvalue weighted by atomic mass is 19.1. The van der Waals surface area contributed by atoms with Crippen molar-refractivity contribution < 1.29 is 23.0 Å². The molecule has 0 saturated carbocycles. The molecule has 2 N–H and O–H groups in total. The number of fused-ring (bicyclic) bond motifs is 1. The molecule has 3 aromatic rings. The van der Waals surface area contributed by atoms with Gasteiger partial charge in [0.05, 0.1) is 11.3 Å². The summed E-state index contributed by atoms with van der Waals surface area (Å²) in [6, 6.07) is 8.50. The highest BCUT2D eigenvalue weighted by molar-refractivity contribution is 5.93. The van der Waals surface area contributed by atoms with Crippen molar-refractivity contribution in [3.05, 3.63) is 71.6 Å². The Bertz CT molecular complexity index is 1030. The maximum atomic E-state index is 13.6. The van der Waals surface area contributed by atoms with Crippen LogP contribution in [-0.2, 0) is 6.54 Å². The molecule has 28 heavy (non-hydrogen) atoms. The predicted octanol–water partition coefficient (Wildman–Crippen LogP) is 3.16. The summed E-state index contributed by atoms with van der Waals surface area (Å²) in [4.78, 5) is 20.2. The highest BCUT2D eigenvalue weighted by Gasteiger charge is 2.14. The Kier molecular flexibility index (Phi) is 4.71. The number of nitrogens with one attached hydrogen (secondary N) is 2. The summed E-state index contributed by atoms with van der Waals surface area (Å²) in [7, 11) is 0. The Morgan fingerprint density at radius 1 is 1.04 bits per heavy atom. The van der Waals surface area contributed by atoms with E-state index in [0.717, 1.165) is 17.7 Å². The number of anilines is 2. The lowest BCUT2D eigenvalue weighted by molar-refractivity contribution is 0.0950. The first-order valence-electron chi connectivity index (χ1n) is 8.29. The van der Waals surface area contributed by atoms with Crippen molar-refractivity contribution >= 4 is 17.5 Å². The molecule has 9 heteroatoms. The predicted molar refractivity (Wildman–Crippen MR) is 95.4 cm³/mol. The van der Waals surface area contributed by atoms with Crippen LogP contribution in [0.1, 0.15) is 15.9 Å². The molecule has 0 bridgehead atoms. The summed E-state index contributed by atoms with van der Waals surface area (Å²) in [6.45, 7) is 0.473. The monoisotopic (exact) mass is 384 g/mol. The van der Waals surface area contributed by atoms with E-state index in [1.54, 1.807) is 12.1 Å². The standard InChI is InChI=1S/C19H14F2N4O3/c20-13-2-3-15(14(21)6-13)25-19-23-8-12(9-24-19)18(26)22-7-11-1-4-16-17(5-11)28-10-27-16/h1-6,8-9H,7,10H2,(H,22,26)(H,23,24,25). The molecule has 0 saturated heterocycles. The van der Waals surface area contributed by atoms with Crippen LogP contribution in [0.15, 0.2) is 48.8 Å². The van der Waals surface area contributed by atoms with E-state index in [9.17, 15) is 13.6 Å². The molecular weight excluding hydrogens is 370 g/mol. The lowest BCUT2D eigenvalue weighted by atomic mass is 10.2. The van der Waals surface area contributed by atoms with Crippen molar-refractivity contribution in [1.82, 2.24) is 15.3 Å². The molecule has 0 aliphatic carbocycles. The summed E-state index contributed by atoms with van der Waals surface area (Å²) < 4.78 is 37.1. The maximum Gasteiger partial charge on any atom is 0.254 e. The number of ether oxygens (including phenoxy) is 2. The number of hydrogen-bond acceptors (Lipinski definition) is 6. The number of carbonyl (C=O) groups is 1. The first kappa shape index (κ1) is 17.7. The number of aromatic nitrogens is 2. The van der Waals surface area contributed by atoms with Crippen molar-refractivity contribution in [3.63, 3.8) is 0 Å². The third-order valence-corrected chi connectivity index (χ3v) is 3.98. The lowest BCUT2D eigenvalue weighted by Crippen LogP contribution is -2.23. The molecule has 7 nitrogen and oxygen atoms in total. The second-order valence-electron chi connectivity index (χ2n) is 5.91. The average Bonchev–Trinajstić information content (AvgIpc) is 3.17. The zero-order valence-electron chi connectivity index (χ0n) is 14.4. The molecule has 2 heterocycles. The SMILES string of the molecule is O=C(NCc1ccc2c(c1)OCO2)c1cnc(Nc2ccc(F)cc2F)nc1. The van der Waals surface area contributed by atoms with E-state index in [1.807, 2.05) is 6.07 Å². The van der Waals surface area contributed by atoms with E-state index in [4.69, 9.17) is 9.47 Å². The van der Waals surface area contributed by atoms with Crippen LogP contribution in [-0.4, -0.2) is 22.7 Å². The van der Waals surface area contributed by atoms with Gasteiger partial charge in [-0.15, -0.1) is 0 Å². The number of nitrogens with zero attached hydrogens (tertiary/aromatic N) is 2. The van der Waals surface area contributed by atoms with E-state index >= 15 is 0 Å². The molecule has 0 atom stereocenters. The zero-order chi connectivity index (χ0) is 19.5. The van der Waals surface area contributed by atoms with E-state index in [2.05, 4.69) is 20.6 Å². The van der Waals surface area contributed by atoms with Gasteiger partial charge in [-0.1, -0.05) is 6.07 Å². The normalized spacial score (nSPS) is 11.9. The summed E-state index contributed by atoms with van der Waals surface area (Å²) in [5.74, 6) is -0.426. The smallest absolute Gasteiger partial charge is 0.254 e. The van der Waals surface area contributed by atoms with Gasteiger partial charge < -0.3 is 20.1 Å². The lowest BCUT2D eigenvalue weighted by Gasteiger charge is -2.08. The third kappa shape index (κ3) is 3.83. The van der Waals surface area contributed by atoms with Crippen LogP contribution in [0.5, 0.6) is 11.5 Å². The highest BCUT2D eigenvalue weighted by Crippen LogP contribution is 2.32. The number of rotatable bonds is 5. The van der Waals surface area contributed by atoms with Gasteiger partial charge in [0.2, 0.25) is 12.7 Å². The quantitative estimate of drug-likeness (QED) is 0.703. The summed E-state index contributed by atoms with van der Waals surface area (Å²) in [6.07, 6.45) is 2.62. The van der Waals surface area contributed by atoms with Crippen LogP contribution in [0.4, 0.5) is 20.4 Å². The Balaban J connectivity index is 1.37. The summed E-state index contributed by atoms with van der Waals surface area (Å²) >= 11 is 0. The molecule has 2 aromatic carbocycles. The first-order chi connectivity index (χ1) is 13.6. The Hall–Kier alpha value is -3.75. The minimum absolute atomic E-state index is 0.0291. The minimum Gasteiger partial charge on any atom is -0.454 e. The van der Waals surface area contributed by atoms with Gasteiger partial charge in [-0.25, -0.2) is 18.7 Å². The van der Waals surface area contributed by atoms with Crippen molar-refractivity contribution in [1.29, 1.82) is 0 Å². The molecule has 1 aromatic heterocycles. The molecule has 0 spiro atoms. The Morgan fingerprint density at radius 2 is 1.82 bits per heavy atom. The van der Waals surface area contributed by atoms with Crippen LogP contribution in [0, 0.1) is 11.6 Å². The van der Waals surface area contributed by atoms with Gasteiger partial charge >= 0.3 is 0 Å². The van der Waals surface area contributed by atoms with Crippen LogP contribution in [0.25, 0.3) is 0 Å². The van der Waals surface area contributed by atoms with Gasteiger partial charge in [-0.2, -0.15) is 0 Å². The van der Waals surface area contributed by atoms with Crippen molar-refractivity contribution in [2.24, 2.45) is 0 Å². The fraction of sp³-hybridized carbons (Fsp3) is 0.105. The largest absolute Gasteiger partial charge is 0.454 e. The fourth-order valence-corrected chi connectivity index (χ4v) is 2.56. The Labute approximate surface area is 158 Å². The van der Waals surface area contributed by atoms with Crippen LogP contribution >= 0.6 is 0 Å². The maximum absolute atomic E-state index is 13.6. The second kappa shape index (κ2) is 7.47. The van der Waals surface area contributed by atoms with Gasteiger partial charge in [0.15, 0.2) is 11.5 Å². The topological polar surface area (TPSA) is 85.4 Å². The van der Waals surface area contributed by atoms with Crippen LogP contribution in [0.2, 0.25) is 0 Å². The molecule has 0 fully saturated rings. The average molecular weight is 384 g/mol. The number of benzene rings is 2. The molecular formula is C19H14F2N4O3. The van der Waals surface area contributed by atoms with E-state index < -0.39 is 11.6 Å². The molecule has 1 amide bonds. The molecule has 4 rings (SSSR count). The van der Waals surface area contributed by atoms with Crippen LogP contribution in [0.3, 0.4) is 0 Å². The van der Waals surface area contributed by atoms with Crippen molar-refractivity contribution in [2.75, 3.05) is 12.1 Å². The molecule has 1 aliphatic heterocycles. The number of hydrogen-bond donors (Lipinski definition) is 2. The van der Waals surface area contributed by atoms with Crippen molar-refractivity contribution in [2.45, 2.75) is 6.54 Å². The second-order valence-corrected chi connectivity index (χ2v) is 5.91. The van der Waals surface area contributed by atoms with E-state index in [0.29, 0.717) is 11.5 Å². The molecule has 0 radical (unpaired) electrons. The fourth-order valence-electron chi connectivity index (χ4n) is 2.56.